The van der Waals surface area contributed by atoms with E-state index in [1.54, 1.807) is 16.7 Å². The summed E-state index contributed by atoms with van der Waals surface area (Å²) >= 11 is 7.57. The number of nitrogen functional groups attached to an aromatic ring is 1. The van der Waals surface area contributed by atoms with E-state index < -0.39 is 6.04 Å². The highest BCUT2D eigenvalue weighted by molar-refractivity contribution is 7.99. The first kappa shape index (κ1) is 16.6. The van der Waals surface area contributed by atoms with E-state index in [4.69, 9.17) is 17.3 Å². The van der Waals surface area contributed by atoms with Gasteiger partial charge in [-0.15, -0.1) is 10.2 Å². The summed E-state index contributed by atoms with van der Waals surface area (Å²) in [5.41, 5.74) is 6.45. The van der Waals surface area contributed by atoms with Crippen molar-refractivity contribution in [3.63, 3.8) is 0 Å². The molecule has 1 unspecified atom stereocenters. The molecule has 1 aromatic carbocycles. The first-order valence-corrected chi connectivity index (χ1v) is 8.33. The minimum absolute atomic E-state index is 0.194. The fourth-order valence-electron chi connectivity index (χ4n) is 2.07. The van der Waals surface area contributed by atoms with Gasteiger partial charge in [-0.25, -0.2) is 0 Å². The summed E-state index contributed by atoms with van der Waals surface area (Å²) in [4.78, 5) is 12.6. The average Bonchev–Trinajstić information content (AvgIpc) is 2.85. The zero-order valence-corrected chi connectivity index (χ0v) is 14.0. The van der Waals surface area contributed by atoms with Gasteiger partial charge in [0.1, 0.15) is 6.04 Å². The van der Waals surface area contributed by atoms with Crippen molar-refractivity contribution in [1.82, 2.24) is 14.8 Å². The van der Waals surface area contributed by atoms with E-state index in [0.29, 0.717) is 22.3 Å². The van der Waals surface area contributed by atoms with E-state index in [1.165, 1.54) is 11.8 Å². The summed E-state index contributed by atoms with van der Waals surface area (Å²) in [5.74, 6) is 0.859. The van der Waals surface area contributed by atoms with Crippen LogP contribution in [0.2, 0.25) is 5.02 Å². The van der Waals surface area contributed by atoms with Crippen LogP contribution in [-0.4, -0.2) is 26.4 Å². The minimum Gasteiger partial charge on any atom is -0.368 e. The number of carbonyl (C=O) groups excluding carboxylic acids is 1. The number of para-hydroxylation sites is 1. The number of amides is 1. The minimum atomic E-state index is -0.486. The molecule has 3 N–H and O–H groups in total. The van der Waals surface area contributed by atoms with Crippen LogP contribution in [0, 0.1) is 0 Å². The average molecular weight is 340 g/mol. The number of carbonyl (C=O) groups is 1. The third kappa shape index (κ3) is 3.53. The normalized spacial score (nSPS) is 12.1. The van der Waals surface area contributed by atoms with Gasteiger partial charge in [-0.1, -0.05) is 49.3 Å². The van der Waals surface area contributed by atoms with Crippen LogP contribution in [0.25, 0.3) is 0 Å². The van der Waals surface area contributed by atoms with E-state index >= 15 is 0 Å². The molecule has 0 radical (unpaired) electrons. The predicted octanol–water partition coefficient (Wildman–Crippen LogP) is 3.22. The zero-order valence-electron chi connectivity index (χ0n) is 12.4. The summed E-state index contributed by atoms with van der Waals surface area (Å²) in [5, 5.41) is 11.9. The lowest BCUT2D eigenvalue weighted by atomic mass is 10.2. The topological polar surface area (TPSA) is 85.8 Å². The van der Waals surface area contributed by atoms with Crippen molar-refractivity contribution in [2.45, 2.75) is 31.5 Å². The third-order valence-corrected chi connectivity index (χ3v) is 4.25. The number of anilines is 2. The van der Waals surface area contributed by atoms with Gasteiger partial charge in [0.25, 0.3) is 0 Å². The lowest BCUT2D eigenvalue weighted by Gasteiger charge is -2.19. The molecular formula is C14H18ClN5OS. The molecule has 1 aromatic heterocycles. The van der Waals surface area contributed by atoms with E-state index in [-0.39, 0.29) is 11.9 Å². The molecule has 8 heteroatoms. The molecule has 2 aromatic rings. The molecule has 6 nitrogen and oxygen atoms in total. The number of rotatable bonds is 6. The lowest BCUT2D eigenvalue weighted by Crippen LogP contribution is -2.27. The smallest absolute Gasteiger partial charge is 0.247 e. The SMILES string of the molecule is CCSc1nnc(N)n1C(CC)C(=O)Nc1ccccc1Cl. The summed E-state index contributed by atoms with van der Waals surface area (Å²) in [6.45, 7) is 3.92. The van der Waals surface area contributed by atoms with Gasteiger partial charge in [0.15, 0.2) is 5.16 Å². The van der Waals surface area contributed by atoms with Crippen LogP contribution in [-0.2, 0) is 4.79 Å². The Morgan fingerprint density at radius 3 is 2.77 bits per heavy atom. The number of hydrogen-bond donors (Lipinski definition) is 2. The van der Waals surface area contributed by atoms with Crippen molar-refractivity contribution >= 4 is 40.9 Å². The Bertz CT molecular complexity index is 660. The highest BCUT2D eigenvalue weighted by Crippen LogP contribution is 2.27. The second-order valence-corrected chi connectivity index (χ2v) is 6.18. The van der Waals surface area contributed by atoms with Gasteiger partial charge in [-0.05, 0) is 24.3 Å². The Hall–Kier alpha value is -1.73. The van der Waals surface area contributed by atoms with E-state index in [0.717, 1.165) is 5.75 Å². The molecule has 0 saturated heterocycles. The van der Waals surface area contributed by atoms with Crippen LogP contribution >= 0.6 is 23.4 Å². The van der Waals surface area contributed by atoms with Crippen LogP contribution < -0.4 is 11.1 Å². The maximum atomic E-state index is 12.6. The molecule has 118 valence electrons. The van der Waals surface area contributed by atoms with Gasteiger partial charge < -0.3 is 11.1 Å². The van der Waals surface area contributed by atoms with Crippen LogP contribution in [0.3, 0.4) is 0 Å². The molecule has 1 heterocycles. The molecule has 0 spiro atoms. The molecule has 1 amide bonds. The Morgan fingerprint density at radius 1 is 1.41 bits per heavy atom. The molecule has 22 heavy (non-hydrogen) atoms. The molecule has 1 atom stereocenters. The quantitative estimate of drug-likeness (QED) is 0.789. The van der Waals surface area contributed by atoms with E-state index in [9.17, 15) is 4.79 Å². The number of benzene rings is 1. The maximum absolute atomic E-state index is 12.6. The molecule has 0 aliphatic carbocycles. The molecule has 0 bridgehead atoms. The third-order valence-electron chi connectivity index (χ3n) is 3.10. The summed E-state index contributed by atoms with van der Waals surface area (Å²) in [7, 11) is 0. The largest absolute Gasteiger partial charge is 0.368 e. The van der Waals surface area contributed by atoms with Crippen molar-refractivity contribution in [3.8, 4) is 0 Å². The maximum Gasteiger partial charge on any atom is 0.247 e. The van der Waals surface area contributed by atoms with Crippen molar-refractivity contribution < 1.29 is 4.79 Å². The van der Waals surface area contributed by atoms with Gasteiger partial charge in [0.2, 0.25) is 11.9 Å². The Balaban J connectivity index is 2.26. The molecule has 0 aliphatic rings. The highest BCUT2D eigenvalue weighted by atomic mass is 35.5. The number of aromatic nitrogens is 3. The molecule has 2 rings (SSSR count). The number of thioether (sulfide) groups is 1. The summed E-state index contributed by atoms with van der Waals surface area (Å²) < 4.78 is 1.67. The number of nitrogens with one attached hydrogen (secondary N) is 1. The van der Waals surface area contributed by atoms with Crippen LogP contribution in [0.15, 0.2) is 29.4 Å². The molecular weight excluding hydrogens is 322 g/mol. The van der Waals surface area contributed by atoms with Gasteiger partial charge in [-0.3, -0.25) is 9.36 Å². The van der Waals surface area contributed by atoms with Gasteiger partial charge in [0, 0.05) is 0 Å². The Kier molecular flexibility index (Phi) is 5.68. The number of nitrogens with two attached hydrogens (primary N) is 1. The predicted molar refractivity (Wildman–Crippen MR) is 90.2 cm³/mol. The van der Waals surface area contributed by atoms with E-state index in [2.05, 4.69) is 15.5 Å². The summed E-state index contributed by atoms with van der Waals surface area (Å²) in [6.07, 6.45) is 0.565. The molecule has 0 fully saturated rings. The van der Waals surface area contributed by atoms with E-state index in [1.807, 2.05) is 26.0 Å². The molecule has 0 aliphatic heterocycles. The fraction of sp³-hybridized carbons (Fsp3) is 0.357. The second kappa shape index (κ2) is 7.51. The lowest BCUT2D eigenvalue weighted by molar-refractivity contribution is -0.119. The number of nitrogens with zero attached hydrogens (tertiary/aromatic N) is 3. The number of halogens is 1. The van der Waals surface area contributed by atoms with Crippen molar-refractivity contribution in [2.24, 2.45) is 0 Å². The molecule has 0 saturated carbocycles. The van der Waals surface area contributed by atoms with Crippen LogP contribution in [0.5, 0.6) is 0 Å². The van der Waals surface area contributed by atoms with Crippen molar-refractivity contribution in [3.05, 3.63) is 29.3 Å². The Labute approximate surface area is 138 Å². The first-order valence-electron chi connectivity index (χ1n) is 6.97. The standard InChI is InChI=1S/C14H18ClN5OS/c1-3-11(20-13(16)18-19-14(20)22-4-2)12(21)17-10-8-6-5-7-9(10)15/h5-8,11H,3-4H2,1-2H3,(H2,16,18)(H,17,21). The second-order valence-electron chi connectivity index (χ2n) is 4.54. The number of hydrogen-bond acceptors (Lipinski definition) is 5. The van der Waals surface area contributed by atoms with Crippen molar-refractivity contribution in [2.75, 3.05) is 16.8 Å². The van der Waals surface area contributed by atoms with Gasteiger partial charge >= 0.3 is 0 Å². The van der Waals surface area contributed by atoms with Crippen LogP contribution in [0.4, 0.5) is 11.6 Å². The fourth-order valence-corrected chi connectivity index (χ4v) is 2.97. The van der Waals surface area contributed by atoms with Gasteiger partial charge in [-0.2, -0.15) is 0 Å². The van der Waals surface area contributed by atoms with Crippen LogP contribution in [0.1, 0.15) is 26.3 Å². The monoisotopic (exact) mass is 339 g/mol. The van der Waals surface area contributed by atoms with Crippen molar-refractivity contribution in [1.29, 1.82) is 0 Å². The summed E-state index contributed by atoms with van der Waals surface area (Å²) in [6, 6.07) is 6.62. The first-order chi connectivity index (χ1) is 10.6. The Morgan fingerprint density at radius 2 is 2.14 bits per heavy atom. The van der Waals surface area contributed by atoms with Gasteiger partial charge in [0.05, 0.1) is 10.7 Å². The zero-order chi connectivity index (χ0) is 16.1. The highest BCUT2D eigenvalue weighted by Gasteiger charge is 2.25.